The molecule has 0 spiro atoms. The fourth-order valence-corrected chi connectivity index (χ4v) is 2.07. The first-order valence-corrected chi connectivity index (χ1v) is 6.87. The minimum atomic E-state index is 0.198. The van der Waals surface area contributed by atoms with Gasteiger partial charge in [-0.15, -0.1) is 0 Å². The number of aryl methyl sites for hydroxylation is 1. The van der Waals surface area contributed by atoms with Crippen molar-refractivity contribution in [3.63, 3.8) is 0 Å². The van der Waals surface area contributed by atoms with Crippen molar-refractivity contribution < 1.29 is 18.7 Å². The van der Waals surface area contributed by atoms with Crippen LogP contribution < -0.4 is 19.9 Å². The Labute approximate surface area is 122 Å². The van der Waals surface area contributed by atoms with Crippen molar-refractivity contribution in [1.82, 2.24) is 10.1 Å². The highest BCUT2D eigenvalue weighted by Gasteiger charge is 2.18. The lowest BCUT2D eigenvalue weighted by molar-refractivity contribution is 0.173. The molecule has 0 fully saturated rings. The number of hydrogen-bond acceptors (Lipinski definition) is 7. The summed E-state index contributed by atoms with van der Waals surface area (Å²) >= 11 is 0. The minimum absolute atomic E-state index is 0.198. The quantitative estimate of drug-likeness (QED) is 0.867. The third-order valence-electron chi connectivity index (χ3n) is 3.11. The summed E-state index contributed by atoms with van der Waals surface area (Å²) in [5.74, 6) is 3.11. The summed E-state index contributed by atoms with van der Waals surface area (Å²) in [7, 11) is 0. The van der Waals surface area contributed by atoms with Crippen LogP contribution in [0.3, 0.4) is 0 Å². The zero-order valence-corrected chi connectivity index (χ0v) is 11.8. The van der Waals surface area contributed by atoms with E-state index >= 15 is 0 Å². The van der Waals surface area contributed by atoms with Gasteiger partial charge in [0.15, 0.2) is 23.9 Å². The van der Waals surface area contributed by atoms with Gasteiger partial charge in [0.1, 0.15) is 5.75 Å². The molecule has 1 aromatic carbocycles. The summed E-state index contributed by atoms with van der Waals surface area (Å²) in [5, 5.41) is 3.88. The Kier molecular flexibility index (Phi) is 3.92. The van der Waals surface area contributed by atoms with Crippen LogP contribution in [0.25, 0.3) is 0 Å². The summed E-state index contributed by atoms with van der Waals surface area (Å²) in [6.45, 7) is 2.82. The normalized spacial score (nSPS) is 12.7. The van der Waals surface area contributed by atoms with Crippen molar-refractivity contribution in [2.24, 2.45) is 5.73 Å². The maximum Gasteiger partial charge on any atom is 0.264 e. The molecule has 3 rings (SSSR count). The van der Waals surface area contributed by atoms with E-state index in [1.165, 1.54) is 0 Å². The summed E-state index contributed by atoms with van der Waals surface area (Å²) < 4.78 is 21.5. The van der Waals surface area contributed by atoms with E-state index in [-0.39, 0.29) is 13.4 Å². The molecule has 2 heterocycles. The fourth-order valence-electron chi connectivity index (χ4n) is 2.07. The zero-order chi connectivity index (χ0) is 14.7. The minimum Gasteiger partial charge on any atom is -0.483 e. The first-order chi connectivity index (χ1) is 10.3. The Bertz CT molecular complexity index is 627. The Morgan fingerprint density at radius 3 is 2.86 bits per heavy atom. The van der Waals surface area contributed by atoms with Crippen LogP contribution in [0, 0.1) is 0 Å². The zero-order valence-electron chi connectivity index (χ0n) is 11.8. The van der Waals surface area contributed by atoms with Crippen molar-refractivity contribution >= 4 is 0 Å². The molecule has 0 saturated carbocycles. The van der Waals surface area contributed by atoms with Gasteiger partial charge in [0.05, 0.1) is 0 Å². The molecule has 112 valence electrons. The van der Waals surface area contributed by atoms with E-state index in [0.717, 1.165) is 18.4 Å². The second-order valence-corrected chi connectivity index (χ2v) is 4.66. The third kappa shape index (κ3) is 2.92. The summed E-state index contributed by atoms with van der Waals surface area (Å²) in [5.41, 5.74) is 6.57. The van der Waals surface area contributed by atoms with E-state index in [1.807, 2.05) is 6.07 Å². The van der Waals surface area contributed by atoms with Crippen LogP contribution in [0.2, 0.25) is 0 Å². The van der Waals surface area contributed by atoms with Crippen LogP contribution in [-0.2, 0) is 19.6 Å². The molecule has 1 aliphatic heterocycles. The summed E-state index contributed by atoms with van der Waals surface area (Å²) in [4.78, 5) is 4.25. The van der Waals surface area contributed by atoms with E-state index in [2.05, 4.69) is 17.1 Å². The predicted molar refractivity (Wildman–Crippen MR) is 73.1 cm³/mol. The molecule has 1 aromatic heterocycles. The maximum atomic E-state index is 5.73. The molecule has 0 bridgehead atoms. The first kappa shape index (κ1) is 13.7. The van der Waals surface area contributed by atoms with Crippen LogP contribution in [-0.4, -0.2) is 16.9 Å². The summed E-state index contributed by atoms with van der Waals surface area (Å²) in [6.07, 6.45) is 1.76. The number of aromatic nitrogens is 2. The van der Waals surface area contributed by atoms with Crippen molar-refractivity contribution in [2.75, 3.05) is 6.79 Å². The number of ether oxygens (including phenoxy) is 3. The summed E-state index contributed by atoms with van der Waals surface area (Å²) in [6, 6.07) is 3.60. The van der Waals surface area contributed by atoms with E-state index < -0.39 is 0 Å². The van der Waals surface area contributed by atoms with E-state index in [1.54, 1.807) is 6.07 Å². The highest BCUT2D eigenvalue weighted by molar-refractivity contribution is 5.51. The van der Waals surface area contributed by atoms with Crippen LogP contribution in [0.4, 0.5) is 0 Å². The van der Waals surface area contributed by atoms with E-state index in [9.17, 15) is 0 Å². The van der Waals surface area contributed by atoms with Crippen molar-refractivity contribution in [1.29, 1.82) is 0 Å². The SMILES string of the molecule is CCCc1noc(COc2cc3c(cc2CN)OCO3)n1. The Balaban J connectivity index is 1.72. The molecule has 0 saturated heterocycles. The molecule has 0 aliphatic carbocycles. The van der Waals surface area contributed by atoms with Crippen LogP contribution in [0.5, 0.6) is 17.2 Å². The monoisotopic (exact) mass is 291 g/mol. The molecule has 2 N–H and O–H groups in total. The molecule has 0 amide bonds. The second kappa shape index (κ2) is 6.01. The van der Waals surface area contributed by atoms with Gasteiger partial charge in [-0.2, -0.15) is 4.98 Å². The van der Waals surface area contributed by atoms with Crippen molar-refractivity contribution in [3.05, 3.63) is 29.4 Å². The van der Waals surface area contributed by atoms with Gasteiger partial charge in [-0.05, 0) is 12.5 Å². The van der Waals surface area contributed by atoms with E-state index in [0.29, 0.717) is 35.5 Å². The number of rotatable bonds is 6. The van der Waals surface area contributed by atoms with Gasteiger partial charge in [0.25, 0.3) is 5.89 Å². The standard InChI is InChI=1S/C14H17N3O4/c1-2-3-13-16-14(21-17-13)7-18-10-5-12-11(19-8-20-12)4-9(10)6-15/h4-5H,2-3,6-8,15H2,1H3. The Morgan fingerprint density at radius 1 is 1.29 bits per heavy atom. The van der Waals surface area contributed by atoms with Crippen molar-refractivity contribution in [2.45, 2.75) is 32.9 Å². The number of hydrogen-bond donors (Lipinski definition) is 1. The van der Waals surface area contributed by atoms with E-state index in [4.69, 9.17) is 24.5 Å². The first-order valence-electron chi connectivity index (χ1n) is 6.87. The van der Waals surface area contributed by atoms with Gasteiger partial charge in [0.2, 0.25) is 6.79 Å². The number of benzene rings is 1. The molecular weight excluding hydrogens is 274 g/mol. The average Bonchev–Trinajstić information content (AvgIpc) is 3.12. The van der Waals surface area contributed by atoms with Gasteiger partial charge in [-0.3, -0.25) is 0 Å². The second-order valence-electron chi connectivity index (χ2n) is 4.66. The lowest BCUT2D eigenvalue weighted by atomic mass is 10.2. The molecule has 0 atom stereocenters. The number of fused-ring (bicyclic) bond motifs is 1. The Hall–Kier alpha value is -2.28. The molecule has 7 heteroatoms. The lowest BCUT2D eigenvalue weighted by Crippen LogP contribution is -2.03. The van der Waals surface area contributed by atoms with Crippen LogP contribution >= 0.6 is 0 Å². The highest BCUT2D eigenvalue weighted by atomic mass is 16.7. The largest absolute Gasteiger partial charge is 0.483 e. The lowest BCUT2D eigenvalue weighted by Gasteiger charge is -2.09. The third-order valence-corrected chi connectivity index (χ3v) is 3.11. The molecule has 1 aliphatic rings. The maximum absolute atomic E-state index is 5.73. The highest BCUT2D eigenvalue weighted by Crippen LogP contribution is 2.38. The van der Waals surface area contributed by atoms with Gasteiger partial charge in [0, 0.05) is 24.6 Å². The molecule has 0 radical (unpaired) electrons. The molecule has 21 heavy (non-hydrogen) atoms. The van der Waals surface area contributed by atoms with Gasteiger partial charge in [-0.25, -0.2) is 0 Å². The fraction of sp³-hybridized carbons (Fsp3) is 0.429. The number of nitrogens with two attached hydrogens (primary N) is 1. The predicted octanol–water partition coefficient (Wildman–Crippen LogP) is 1.79. The van der Waals surface area contributed by atoms with Crippen LogP contribution in [0.15, 0.2) is 16.7 Å². The molecule has 0 unspecified atom stereocenters. The van der Waals surface area contributed by atoms with Crippen molar-refractivity contribution in [3.8, 4) is 17.2 Å². The number of nitrogens with zero attached hydrogens (tertiary/aromatic N) is 2. The van der Waals surface area contributed by atoms with Gasteiger partial charge < -0.3 is 24.5 Å². The molecule has 2 aromatic rings. The molecular formula is C14H17N3O4. The smallest absolute Gasteiger partial charge is 0.264 e. The van der Waals surface area contributed by atoms with Gasteiger partial charge >= 0.3 is 0 Å². The average molecular weight is 291 g/mol. The molecule has 7 nitrogen and oxygen atoms in total. The van der Waals surface area contributed by atoms with Crippen LogP contribution in [0.1, 0.15) is 30.6 Å². The van der Waals surface area contributed by atoms with Gasteiger partial charge in [-0.1, -0.05) is 12.1 Å². The Morgan fingerprint density at radius 2 is 2.10 bits per heavy atom. The topological polar surface area (TPSA) is 92.6 Å².